The SMILES string of the molecule is COc1ccc(C(CNC(=O)c2cn(-c3ccccc3)nc2-c2ccccc2)N2CCOCC2)cc1. The van der Waals surface area contributed by atoms with E-state index in [0.717, 1.165) is 35.7 Å². The summed E-state index contributed by atoms with van der Waals surface area (Å²) in [6, 6.07) is 27.7. The number of benzene rings is 3. The van der Waals surface area contributed by atoms with Gasteiger partial charge in [0.15, 0.2) is 0 Å². The minimum Gasteiger partial charge on any atom is -0.497 e. The Morgan fingerprint density at radius 1 is 0.972 bits per heavy atom. The van der Waals surface area contributed by atoms with Gasteiger partial charge in [0, 0.05) is 31.4 Å². The van der Waals surface area contributed by atoms with E-state index in [9.17, 15) is 4.79 Å². The molecule has 0 aliphatic carbocycles. The van der Waals surface area contributed by atoms with E-state index in [2.05, 4.69) is 22.3 Å². The molecule has 184 valence electrons. The summed E-state index contributed by atoms with van der Waals surface area (Å²) in [6.45, 7) is 3.46. The highest BCUT2D eigenvalue weighted by Gasteiger charge is 2.25. The molecule has 1 N–H and O–H groups in total. The lowest BCUT2D eigenvalue weighted by molar-refractivity contribution is 0.0162. The van der Waals surface area contributed by atoms with Crippen LogP contribution in [0.2, 0.25) is 0 Å². The lowest BCUT2D eigenvalue weighted by atomic mass is 10.0. The number of nitrogens with one attached hydrogen (secondary N) is 1. The van der Waals surface area contributed by atoms with E-state index in [1.165, 1.54) is 0 Å². The van der Waals surface area contributed by atoms with Crippen molar-refractivity contribution in [1.29, 1.82) is 0 Å². The van der Waals surface area contributed by atoms with Crippen LogP contribution in [-0.2, 0) is 4.74 Å². The molecule has 1 aliphatic rings. The second-order valence-electron chi connectivity index (χ2n) is 8.68. The number of hydrogen-bond acceptors (Lipinski definition) is 5. The smallest absolute Gasteiger partial charge is 0.255 e. The third-order valence-corrected chi connectivity index (χ3v) is 6.47. The number of methoxy groups -OCH3 is 1. The number of amides is 1. The molecule has 36 heavy (non-hydrogen) atoms. The Morgan fingerprint density at radius 2 is 1.64 bits per heavy atom. The second kappa shape index (κ2) is 11.2. The topological polar surface area (TPSA) is 68.6 Å². The van der Waals surface area contributed by atoms with Crippen LogP contribution in [0.1, 0.15) is 22.0 Å². The maximum Gasteiger partial charge on any atom is 0.255 e. The molecule has 0 saturated carbocycles. The highest BCUT2D eigenvalue weighted by Crippen LogP contribution is 2.26. The average Bonchev–Trinajstić information content (AvgIpc) is 3.41. The summed E-state index contributed by atoms with van der Waals surface area (Å²) in [7, 11) is 1.66. The van der Waals surface area contributed by atoms with Crippen LogP contribution in [-0.4, -0.2) is 60.5 Å². The Labute approximate surface area is 211 Å². The highest BCUT2D eigenvalue weighted by atomic mass is 16.5. The van der Waals surface area contributed by atoms with Crippen molar-refractivity contribution in [2.75, 3.05) is 40.0 Å². The first kappa shape index (κ1) is 23.8. The van der Waals surface area contributed by atoms with Gasteiger partial charge in [-0.2, -0.15) is 5.10 Å². The maximum absolute atomic E-state index is 13.6. The Morgan fingerprint density at radius 3 is 2.31 bits per heavy atom. The van der Waals surface area contributed by atoms with Crippen LogP contribution in [0.25, 0.3) is 16.9 Å². The number of hydrogen-bond donors (Lipinski definition) is 1. The van der Waals surface area contributed by atoms with E-state index in [1.54, 1.807) is 11.8 Å². The van der Waals surface area contributed by atoms with Crippen molar-refractivity contribution in [1.82, 2.24) is 20.0 Å². The van der Waals surface area contributed by atoms with Crippen molar-refractivity contribution in [3.63, 3.8) is 0 Å². The zero-order valence-electron chi connectivity index (χ0n) is 20.3. The molecule has 0 radical (unpaired) electrons. The number of aromatic nitrogens is 2. The molecule has 7 heteroatoms. The zero-order valence-corrected chi connectivity index (χ0v) is 20.3. The van der Waals surface area contributed by atoms with Crippen LogP contribution in [0.3, 0.4) is 0 Å². The number of rotatable bonds is 8. The highest BCUT2D eigenvalue weighted by molar-refractivity contribution is 6.00. The third-order valence-electron chi connectivity index (χ3n) is 6.47. The lowest BCUT2D eigenvalue weighted by Gasteiger charge is -2.35. The lowest BCUT2D eigenvalue weighted by Crippen LogP contribution is -2.43. The molecule has 3 aromatic carbocycles. The van der Waals surface area contributed by atoms with E-state index in [1.807, 2.05) is 79.0 Å². The van der Waals surface area contributed by atoms with Gasteiger partial charge in [-0.05, 0) is 29.8 Å². The largest absolute Gasteiger partial charge is 0.497 e. The predicted octanol–water partition coefficient (Wildman–Crippen LogP) is 4.35. The van der Waals surface area contributed by atoms with E-state index in [-0.39, 0.29) is 11.9 Å². The molecule has 0 spiro atoms. The zero-order chi connectivity index (χ0) is 24.7. The molecule has 0 bridgehead atoms. The number of morpholine rings is 1. The van der Waals surface area contributed by atoms with Gasteiger partial charge in [0.1, 0.15) is 11.4 Å². The molecule has 4 aromatic rings. The fraction of sp³-hybridized carbons (Fsp3) is 0.241. The molecular formula is C29H30N4O3. The van der Waals surface area contributed by atoms with Crippen molar-refractivity contribution in [3.05, 3.63) is 102 Å². The van der Waals surface area contributed by atoms with Crippen molar-refractivity contribution >= 4 is 5.91 Å². The van der Waals surface area contributed by atoms with Crippen LogP contribution in [0.5, 0.6) is 5.75 Å². The monoisotopic (exact) mass is 482 g/mol. The molecule has 2 heterocycles. The summed E-state index contributed by atoms with van der Waals surface area (Å²) in [5.41, 5.74) is 4.13. The molecule has 1 aromatic heterocycles. The minimum atomic E-state index is -0.150. The maximum atomic E-state index is 13.6. The first-order valence-corrected chi connectivity index (χ1v) is 12.2. The van der Waals surface area contributed by atoms with Crippen molar-refractivity contribution in [2.24, 2.45) is 0 Å². The summed E-state index contributed by atoms with van der Waals surface area (Å²) in [5, 5.41) is 7.97. The van der Waals surface area contributed by atoms with Gasteiger partial charge < -0.3 is 14.8 Å². The van der Waals surface area contributed by atoms with Gasteiger partial charge in [-0.3, -0.25) is 9.69 Å². The third kappa shape index (κ3) is 5.32. The molecular weight excluding hydrogens is 452 g/mol. The number of carbonyl (C=O) groups excluding carboxylic acids is 1. The number of carbonyl (C=O) groups is 1. The van der Waals surface area contributed by atoms with Crippen molar-refractivity contribution < 1.29 is 14.3 Å². The Bertz CT molecular complexity index is 1270. The van der Waals surface area contributed by atoms with Crippen LogP contribution in [0.4, 0.5) is 0 Å². The van der Waals surface area contributed by atoms with E-state index in [4.69, 9.17) is 14.6 Å². The van der Waals surface area contributed by atoms with Crippen LogP contribution >= 0.6 is 0 Å². The average molecular weight is 483 g/mol. The fourth-order valence-corrected chi connectivity index (χ4v) is 4.52. The molecule has 1 atom stereocenters. The Kier molecular flexibility index (Phi) is 7.40. The molecule has 5 rings (SSSR count). The van der Waals surface area contributed by atoms with Crippen molar-refractivity contribution in [2.45, 2.75) is 6.04 Å². The first-order chi connectivity index (χ1) is 17.7. The van der Waals surface area contributed by atoms with Gasteiger partial charge in [0.2, 0.25) is 0 Å². The second-order valence-corrected chi connectivity index (χ2v) is 8.68. The van der Waals surface area contributed by atoms with E-state index < -0.39 is 0 Å². The summed E-state index contributed by atoms with van der Waals surface area (Å²) < 4.78 is 12.7. The van der Waals surface area contributed by atoms with Gasteiger partial charge in [0.25, 0.3) is 5.91 Å². The van der Waals surface area contributed by atoms with Gasteiger partial charge in [-0.1, -0.05) is 60.7 Å². The number of para-hydroxylation sites is 1. The molecule has 1 amide bonds. The molecule has 1 fully saturated rings. The Balaban J connectivity index is 1.42. The number of ether oxygens (including phenoxy) is 2. The molecule has 1 saturated heterocycles. The normalized spacial score (nSPS) is 14.8. The van der Waals surface area contributed by atoms with Gasteiger partial charge in [0.05, 0.1) is 37.6 Å². The van der Waals surface area contributed by atoms with Crippen LogP contribution in [0, 0.1) is 0 Å². The number of nitrogens with zero attached hydrogens (tertiary/aromatic N) is 3. The van der Waals surface area contributed by atoms with Crippen LogP contribution < -0.4 is 10.1 Å². The van der Waals surface area contributed by atoms with Gasteiger partial charge in [-0.15, -0.1) is 0 Å². The fourth-order valence-electron chi connectivity index (χ4n) is 4.52. The van der Waals surface area contributed by atoms with Gasteiger partial charge in [-0.25, -0.2) is 4.68 Å². The van der Waals surface area contributed by atoms with E-state index in [0.29, 0.717) is 31.0 Å². The summed E-state index contributed by atoms with van der Waals surface area (Å²) in [6.07, 6.45) is 1.81. The van der Waals surface area contributed by atoms with E-state index >= 15 is 0 Å². The molecule has 1 unspecified atom stereocenters. The standard InChI is InChI=1S/C29H30N4O3/c1-35-25-14-12-22(13-15-25)27(32-16-18-36-19-17-32)20-30-29(34)26-21-33(24-10-6-3-7-11-24)31-28(26)23-8-4-2-5-9-23/h2-15,21,27H,16-20H2,1H3,(H,30,34). The minimum absolute atomic E-state index is 0.0214. The Hall–Kier alpha value is -3.94. The molecule has 1 aliphatic heterocycles. The summed E-state index contributed by atoms with van der Waals surface area (Å²) >= 11 is 0. The first-order valence-electron chi connectivity index (χ1n) is 12.2. The van der Waals surface area contributed by atoms with Crippen molar-refractivity contribution in [3.8, 4) is 22.7 Å². The van der Waals surface area contributed by atoms with Gasteiger partial charge >= 0.3 is 0 Å². The summed E-state index contributed by atoms with van der Waals surface area (Å²) in [4.78, 5) is 15.9. The molecule has 7 nitrogen and oxygen atoms in total. The van der Waals surface area contributed by atoms with Crippen LogP contribution in [0.15, 0.2) is 91.1 Å². The quantitative estimate of drug-likeness (QED) is 0.404. The summed E-state index contributed by atoms with van der Waals surface area (Å²) in [5.74, 6) is 0.659. The predicted molar refractivity (Wildman–Crippen MR) is 139 cm³/mol.